The third-order valence-corrected chi connectivity index (χ3v) is 7.26. The molecular formula is C26H33FN6O3. The Morgan fingerprint density at radius 3 is 2.67 bits per heavy atom. The summed E-state index contributed by atoms with van der Waals surface area (Å²) in [7, 11) is 0. The van der Waals surface area contributed by atoms with Gasteiger partial charge in [0.15, 0.2) is 5.82 Å². The standard InChI is InChI=1S/C26H33FN6O3/c27-22-16-29-25(31-20-7-5-19(6-8-20)30-24(34)17-9-11-28-12-10-17)32-23(22)18-3-1-4-21(15-18)33-13-2-14-36-26(33)35/h1,3-4,15-17,19-20,28H,2,5-14H2,(H,30,34)(H,29,31,32). The average molecular weight is 497 g/mol. The largest absolute Gasteiger partial charge is 0.449 e. The number of hydrogen-bond donors (Lipinski definition) is 3. The molecule has 1 aromatic heterocycles. The SMILES string of the molecule is O=C(NC1CCC(Nc2ncc(F)c(-c3cccc(N4CCCOC4=O)c3)n2)CC1)C1CCNCC1. The van der Waals surface area contributed by atoms with Gasteiger partial charge in [0, 0.05) is 35.8 Å². The number of hydrogen-bond acceptors (Lipinski definition) is 7. The van der Waals surface area contributed by atoms with Crippen LogP contribution in [-0.2, 0) is 9.53 Å². The van der Waals surface area contributed by atoms with Gasteiger partial charge >= 0.3 is 6.09 Å². The van der Waals surface area contributed by atoms with Gasteiger partial charge in [0.1, 0.15) is 5.69 Å². The number of halogens is 1. The van der Waals surface area contributed by atoms with E-state index < -0.39 is 11.9 Å². The highest BCUT2D eigenvalue weighted by Gasteiger charge is 2.27. The molecule has 36 heavy (non-hydrogen) atoms. The predicted octanol–water partition coefficient (Wildman–Crippen LogP) is 3.47. The number of anilines is 2. The Labute approximate surface area is 210 Å². The van der Waals surface area contributed by atoms with Gasteiger partial charge in [-0.2, -0.15) is 0 Å². The van der Waals surface area contributed by atoms with Crippen LogP contribution in [0, 0.1) is 11.7 Å². The van der Waals surface area contributed by atoms with E-state index in [2.05, 4.69) is 25.9 Å². The maximum absolute atomic E-state index is 14.7. The van der Waals surface area contributed by atoms with E-state index in [1.807, 2.05) is 0 Å². The van der Waals surface area contributed by atoms with Gasteiger partial charge in [-0.1, -0.05) is 12.1 Å². The molecule has 0 spiro atoms. The van der Waals surface area contributed by atoms with Crippen LogP contribution in [0.25, 0.3) is 11.3 Å². The summed E-state index contributed by atoms with van der Waals surface area (Å²) in [4.78, 5) is 34.8. The fourth-order valence-corrected chi connectivity index (χ4v) is 5.21. The third kappa shape index (κ3) is 5.75. The monoisotopic (exact) mass is 496 g/mol. The molecule has 3 aliphatic rings. The van der Waals surface area contributed by atoms with Gasteiger partial charge in [0.25, 0.3) is 0 Å². The summed E-state index contributed by atoms with van der Waals surface area (Å²) in [6.07, 6.45) is 6.85. The van der Waals surface area contributed by atoms with Gasteiger partial charge < -0.3 is 20.7 Å². The highest BCUT2D eigenvalue weighted by molar-refractivity contribution is 5.89. The van der Waals surface area contributed by atoms with E-state index in [1.54, 1.807) is 29.2 Å². The number of benzene rings is 1. The molecule has 2 amide bonds. The second-order valence-corrected chi connectivity index (χ2v) is 9.79. The number of cyclic esters (lactones) is 1. The molecule has 0 radical (unpaired) electrons. The Hall–Kier alpha value is -3.27. The Morgan fingerprint density at radius 2 is 1.89 bits per heavy atom. The minimum Gasteiger partial charge on any atom is -0.449 e. The zero-order valence-electron chi connectivity index (χ0n) is 20.3. The first-order valence-electron chi connectivity index (χ1n) is 12.9. The molecule has 192 valence electrons. The molecule has 3 heterocycles. The minimum absolute atomic E-state index is 0.118. The zero-order chi connectivity index (χ0) is 24.9. The van der Waals surface area contributed by atoms with E-state index in [-0.39, 0.29) is 29.6 Å². The van der Waals surface area contributed by atoms with Gasteiger partial charge in [0.2, 0.25) is 11.9 Å². The summed E-state index contributed by atoms with van der Waals surface area (Å²) >= 11 is 0. The molecule has 3 N–H and O–H groups in total. The van der Waals surface area contributed by atoms with Gasteiger partial charge in [0.05, 0.1) is 12.8 Å². The lowest BCUT2D eigenvalue weighted by Crippen LogP contribution is -2.45. The van der Waals surface area contributed by atoms with Crippen LogP contribution in [0.15, 0.2) is 30.5 Å². The molecule has 0 atom stereocenters. The second-order valence-electron chi connectivity index (χ2n) is 9.79. The summed E-state index contributed by atoms with van der Waals surface area (Å²) in [5, 5.41) is 9.88. The first kappa shape index (κ1) is 24.4. The van der Waals surface area contributed by atoms with Crippen molar-refractivity contribution in [3.05, 3.63) is 36.3 Å². The maximum Gasteiger partial charge on any atom is 0.414 e. The Kier molecular flexibility index (Phi) is 7.60. The average Bonchev–Trinajstić information content (AvgIpc) is 2.92. The van der Waals surface area contributed by atoms with Gasteiger partial charge in [-0.05, 0) is 70.2 Å². The lowest BCUT2D eigenvalue weighted by atomic mass is 9.90. The van der Waals surface area contributed by atoms with Crippen molar-refractivity contribution in [1.29, 1.82) is 0 Å². The summed E-state index contributed by atoms with van der Waals surface area (Å²) < 4.78 is 19.8. The molecule has 2 aromatic rings. The van der Waals surface area contributed by atoms with Crippen LogP contribution in [0.2, 0.25) is 0 Å². The highest BCUT2D eigenvalue weighted by atomic mass is 19.1. The van der Waals surface area contributed by atoms with E-state index in [0.717, 1.165) is 58.0 Å². The molecule has 0 unspecified atom stereocenters. The summed E-state index contributed by atoms with van der Waals surface area (Å²) in [5.41, 5.74) is 1.40. The summed E-state index contributed by atoms with van der Waals surface area (Å²) in [6.45, 7) is 2.78. The zero-order valence-corrected chi connectivity index (χ0v) is 20.3. The number of carbonyl (C=O) groups excluding carboxylic acids is 2. The quantitative estimate of drug-likeness (QED) is 0.562. The second kappa shape index (κ2) is 11.2. The number of nitrogens with zero attached hydrogens (tertiary/aromatic N) is 3. The molecule has 0 bridgehead atoms. The molecule has 10 heteroatoms. The van der Waals surface area contributed by atoms with Crippen molar-refractivity contribution in [3.8, 4) is 11.3 Å². The van der Waals surface area contributed by atoms with Crippen molar-refractivity contribution in [2.75, 3.05) is 36.5 Å². The summed E-state index contributed by atoms with van der Waals surface area (Å²) in [6, 6.07) is 7.45. The lowest BCUT2D eigenvalue weighted by Gasteiger charge is -2.31. The van der Waals surface area contributed by atoms with Crippen molar-refractivity contribution < 1.29 is 18.7 Å². The van der Waals surface area contributed by atoms with Gasteiger partial charge in [-0.25, -0.2) is 19.2 Å². The summed E-state index contributed by atoms with van der Waals surface area (Å²) in [5.74, 6) is 0.145. The molecule has 2 saturated heterocycles. The van der Waals surface area contributed by atoms with Crippen LogP contribution in [0.4, 0.5) is 20.8 Å². The maximum atomic E-state index is 14.7. The number of aromatic nitrogens is 2. The number of ether oxygens (including phenoxy) is 1. The number of amides is 2. The van der Waals surface area contributed by atoms with Crippen LogP contribution in [-0.4, -0.2) is 60.3 Å². The van der Waals surface area contributed by atoms with Crippen LogP contribution >= 0.6 is 0 Å². The molecule has 2 aliphatic heterocycles. The first-order valence-corrected chi connectivity index (χ1v) is 12.9. The minimum atomic E-state index is -0.525. The topological polar surface area (TPSA) is 108 Å². The molecule has 5 rings (SSSR count). The molecule has 9 nitrogen and oxygen atoms in total. The predicted molar refractivity (Wildman–Crippen MR) is 134 cm³/mol. The number of nitrogens with one attached hydrogen (secondary N) is 3. The molecule has 1 aromatic carbocycles. The van der Waals surface area contributed by atoms with Gasteiger partial charge in [-0.15, -0.1) is 0 Å². The van der Waals surface area contributed by atoms with E-state index in [0.29, 0.717) is 30.4 Å². The van der Waals surface area contributed by atoms with Crippen molar-refractivity contribution in [2.24, 2.45) is 5.92 Å². The normalized spacial score (nSPS) is 23.1. The van der Waals surface area contributed by atoms with Crippen LogP contribution in [0.1, 0.15) is 44.9 Å². The fourth-order valence-electron chi connectivity index (χ4n) is 5.21. The van der Waals surface area contributed by atoms with Gasteiger partial charge in [-0.3, -0.25) is 9.69 Å². The van der Waals surface area contributed by atoms with Crippen molar-refractivity contribution in [3.63, 3.8) is 0 Å². The molecule has 3 fully saturated rings. The van der Waals surface area contributed by atoms with E-state index in [1.165, 1.54) is 6.20 Å². The number of piperidine rings is 1. The Balaban J connectivity index is 1.20. The third-order valence-electron chi connectivity index (χ3n) is 7.26. The number of rotatable bonds is 6. The van der Waals surface area contributed by atoms with E-state index in [9.17, 15) is 14.0 Å². The van der Waals surface area contributed by atoms with Crippen LogP contribution in [0.3, 0.4) is 0 Å². The van der Waals surface area contributed by atoms with Crippen molar-refractivity contribution >= 4 is 23.6 Å². The smallest absolute Gasteiger partial charge is 0.414 e. The molecular weight excluding hydrogens is 463 g/mol. The van der Waals surface area contributed by atoms with E-state index in [4.69, 9.17) is 4.74 Å². The van der Waals surface area contributed by atoms with Crippen molar-refractivity contribution in [2.45, 2.75) is 57.0 Å². The van der Waals surface area contributed by atoms with E-state index >= 15 is 0 Å². The van der Waals surface area contributed by atoms with Crippen LogP contribution in [0.5, 0.6) is 0 Å². The van der Waals surface area contributed by atoms with Crippen LogP contribution < -0.4 is 20.9 Å². The number of carbonyl (C=O) groups is 2. The first-order chi connectivity index (χ1) is 17.6. The fraction of sp³-hybridized carbons (Fsp3) is 0.538. The Morgan fingerprint density at radius 1 is 1.11 bits per heavy atom. The lowest BCUT2D eigenvalue weighted by molar-refractivity contribution is -0.126. The highest BCUT2D eigenvalue weighted by Crippen LogP contribution is 2.28. The molecule has 1 aliphatic carbocycles. The molecule has 1 saturated carbocycles. The Bertz CT molecular complexity index is 1090. The van der Waals surface area contributed by atoms with Crippen molar-refractivity contribution in [1.82, 2.24) is 20.6 Å².